The Bertz CT molecular complexity index is 366. The van der Waals surface area contributed by atoms with E-state index in [0.29, 0.717) is 19.4 Å². The van der Waals surface area contributed by atoms with Gasteiger partial charge in [-0.25, -0.2) is 4.79 Å². The maximum absolute atomic E-state index is 12.2. The highest BCUT2D eigenvalue weighted by atomic mass is 16.5. The first-order chi connectivity index (χ1) is 7.83. The van der Waals surface area contributed by atoms with Crippen LogP contribution >= 0.6 is 0 Å². The largest absolute Gasteiger partial charge is 0.467 e. The lowest BCUT2D eigenvalue weighted by atomic mass is 10.1. The van der Waals surface area contributed by atoms with Crippen molar-refractivity contribution in [1.29, 1.82) is 0 Å². The number of likely N-dealkylation sites (tertiary alicyclic amines) is 1. The summed E-state index contributed by atoms with van der Waals surface area (Å²) in [5, 5.41) is 10.2. The van der Waals surface area contributed by atoms with Gasteiger partial charge in [0, 0.05) is 12.0 Å². The van der Waals surface area contributed by atoms with E-state index in [1.165, 1.54) is 12.0 Å². The number of amides is 1. The van der Waals surface area contributed by atoms with Gasteiger partial charge in [0.15, 0.2) is 0 Å². The fourth-order valence-corrected chi connectivity index (χ4v) is 2.59. The summed E-state index contributed by atoms with van der Waals surface area (Å²) < 4.78 is 4.69. The van der Waals surface area contributed by atoms with Gasteiger partial charge in [-0.15, -0.1) is 0 Å². The molecule has 2 rings (SSSR count). The van der Waals surface area contributed by atoms with Crippen molar-refractivity contribution in [3.63, 3.8) is 0 Å². The molecule has 1 unspecified atom stereocenters. The number of carbonyl (C=O) groups excluding carboxylic acids is 2. The molecule has 96 valence electrons. The summed E-state index contributed by atoms with van der Waals surface area (Å²) >= 11 is 0. The molecule has 0 aromatic heterocycles. The van der Waals surface area contributed by atoms with Crippen molar-refractivity contribution < 1.29 is 19.4 Å². The summed E-state index contributed by atoms with van der Waals surface area (Å²) in [6.45, 7) is 4.24. The van der Waals surface area contributed by atoms with Gasteiger partial charge in [0.1, 0.15) is 11.6 Å². The van der Waals surface area contributed by atoms with Gasteiger partial charge in [-0.05, 0) is 19.3 Å². The van der Waals surface area contributed by atoms with Crippen LogP contribution in [0, 0.1) is 5.41 Å². The van der Waals surface area contributed by atoms with E-state index < -0.39 is 17.6 Å². The van der Waals surface area contributed by atoms with Crippen LogP contribution in [0.1, 0.15) is 33.1 Å². The van der Waals surface area contributed by atoms with Crippen LogP contribution in [0.15, 0.2) is 0 Å². The van der Waals surface area contributed by atoms with E-state index in [2.05, 4.69) is 4.74 Å². The summed E-state index contributed by atoms with van der Waals surface area (Å²) in [6.07, 6.45) is 1.86. The smallest absolute Gasteiger partial charge is 0.328 e. The Hall–Kier alpha value is -1.10. The van der Waals surface area contributed by atoms with E-state index in [1.54, 1.807) is 0 Å². The third-order valence-corrected chi connectivity index (χ3v) is 4.03. The van der Waals surface area contributed by atoms with E-state index in [-0.39, 0.29) is 11.3 Å². The molecule has 2 aliphatic rings. The summed E-state index contributed by atoms with van der Waals surface area (Å²) in [4.78, 5) is 25.3. The van der Waals surface area contributed by atoms with Crippen LogP contribution in [0.25, 0.3) is 0 Å². The van der Waals surface area contributed by atoms with Crippen LogP contribution in [0.5, 0.6) is 0 Å². The minimum Gasteiger partial charge on any atom is -0.467 e. The first kappa shape index (κ1) is 12.4. The SMILES string of the molecule is COC(=O)C1CCCN1C(=O)[C@]1(O)CC1(C)C. The van der Waals surface area contributed by atoms with E-state index in [4.69, 9.17) is 0 Å². The Kier molecular flexibility index (Phi) is 2.69. The number of ether oxygens (including phenoxy) is 1. The lowest BCUT2D eigenvalue weighted by Crippen LogP contribution is -2.48. The van der Waals surface area contributed by atoms with Crippen molar-refractivity contribution in [2.45, 2.75) is 44.8 Å². The van der Waals surface area contributed by atoms with Gasteiger partial charge in [0.25, 0.3) is 5.91 Å². The second-order valence-electron chi connectivity index (χ2n) is 5.60. The number of rotatable bonds is 2. The second kappa shape index (κ2) is 3.70. The Morgan fingerprint density at radius 2 is 2.00 bits per heavy atom. The molecule has 1 amide bonds. The fourth-order valence-electron chi connectivity index (χ4n) is 2.59. The lowest BCUT2D eigenvalue weighted by molar-refractivity contribution is -0.156. The van der Waals surface area contributed by atoms with Crippen LogP contribution in [0.3, 0.4) is 0 Å². The summed E-state index contributed by atoms with van der Waals surface area (Å²) in [7, 11) is 1.32. The Labute approximate surface area is 101 Å². The van der Waals surface area contributed by atoms with E-state index >= 15 is 0 Å². The molecule has 0 aromatic carbocycles. The molecule has 0 bridgehead atoms. The van der Waals surface area contributed by atoms with Crippen molar-refractivity contribution in [2.75, 3.05) is 13.7 Å². The Balaban J connectivity index is 2.13. The van der Waals surface area contributed by atoms with Crippen molar-refractivity contribution in [2.24, 2.45) is 5.41 Å². The van der Waals surface area contributed by atoms with Gasteiger partial charge in [-0.2, -0.15) is 0 Å². The number of esters is 1. The number of nitrogens with zero attached hydrogens (tertiary/aromatic N) is 1. The van der Waals surface area contributed by atoms with E-state index in [0.717, 1.165) is 6.42 Å². The number of hydrogen-bond donors (Lipinski definition) is 1. The molecule has 1 saturated heterocycles. The summed E-state index contributed by atoms with van der Waals surface area (Å²) in [5.41, 5.74) is -1.67. The van der Waals surface area contributed by atoms with Gasteiger partial charge in [0.05, 0.1) is 7.11 Å². The Morgan fingerprint density at radius 3 is 2.47 bits per heavy atom. The second-order valence-corrected chi connectivity index (χ2v) is 5.60. The van der Waals surface area contributed by atoms with E-state index in [1.807, 2.05) is 13.8 Å². The van der Waals surface area contributed by atoms with Crippen molar-refractivity contribution in [3.8, 4) is 0 Å². The fraction of sp³-hybridized carbons (Fsp3) is 0.833. The number of carbonyl (C=O) groups is 2. The third kappa shape index (κ3) is 1.73. The zero-order chi connectivity index (χ0) is 12.8. The first-order valence-corrected chi connectivity index (χ1v) is 5.95. The minimum atomic E-state index is -1.29. The maximum Gasteiger partial charge on any atom is 0.328 e. The molecule has 2 atom stereocenters. The van der Waals surface area contributed by atoms with Crippen molar-refractivity contribution >= 4 is 11.9 Å². The molecule has 5 heteroatoms. The molecule has 0 aromatic rings. The molecule has 17 heavy (non-hydrogen) atoms. The number of methoxy groups -OCH3 is 1. The molecule has 1 N–H and O–H groups in total. The quantitative estimate of drug-likeness (QED) is 0.707. The van der Waals surface area contributed by atoms with E-state index in [9.17, 15) is 14.7 Å². The molecule has 0 radical (unpaired) electrons. The average molecular weight is 241 g/mol. The molecule has 1 aliphatic carbocycles. The van der Waals surface area contributed by atoms with Gasteiger partial charge in [-0.1, -0.05) is 13.8 Å². The predicted octanol–water partition coefficient (Wildman–Crippen LogP) is 0.311. The highest BCUT2D eigenvalue weighted by Crippen LogP contribution is 2.56. The first-order valence-electron chi connectivity index (χ1n) is 5.95. The predicted molar refractivity (Wildman–Crippen MR) is 60.1 cm³/mol. The van der Waals surface area contributed by atoms with Crippen LogP contribution < -0.4 is 0 Å². The number of hydrogen-bond acceptors (Lipinski definition) is 4. The van der Waals surface area contributed by atoms with Gasteiger partial charge < -0.3 is 14.7 Å². The lowest BCUT2D eigenvalue weighted by Gasteiger charge is -2.26. The topological polar surface area (TPSA) is 66.8 Å². The monoisotopic (exact) mass is 241 g/mol. The molecular weight excluding hydrogens is 222 g/mol. The molecule has 5 nitrogen and oxygen atoms in total. The molecule has 2 fully saturated rings. The average Bonchev–Trinajstić information content (AvgIpc) is 2.71. The van der Waals surface area contributed by atoms with Crippen LogP contribution in [-0.2, 0) is 14.3 Å². The standard InChI is InChI=1S/C12H19NO4/c1-11(2)7-12(11,16)10(15)13-6-4-5-8(13)9(14)17-3/h8,16H,4-7H2,1-3H3/t8?,12-/m1/s1. The van der Waals surface area contributed by atoms with Crippen LogP contribution in [0.4, 0.5) is 0 Å². The van der Waals surface area contributed by atoms with Crippen LogP contribution in [-0.4, -0.2) is 47.2 Å². The third-order valence-electron chi connectivity index (χ3n) is 4.03. The zero-order valence-corrected chi connectivity index (χ0v) is 10.5. The normalized spacial score (nSPS) is 34.6. The van der Waals surface area contributed by atoms with Crippen molar-refractivity contribution in [1.82, 2.24) is 4.90 Å². The highest BCUT2D eigenvalue weighted by molar-refractivity contribution is 5.93. The molecule has 1 saturated carbocycles. The van der Waals surface area contributed by atoms with Gasteiger partial charge in [-0.3, -0.25) is 4.79 Å². The zero-order valence-electron chi connectivity index (χ0n) is 10.5. The highest BCUT2D eigenvalue weighted by Gasteiger charge is 2.67. The van der Waals surface area contributed by atoms with Gasteiger partial charge >= 0.3 is 5.97 Å². The molecular formula is C12H19NO4. The summed E-state index contributed by atoms with van der Waals surface area (Å²) in [6, 6.07) is -0.520. The molecule has 1 heterocycles. The minimum absolute atomic E-state index is 0.324. The van der Waals surface area contributed by atoms with Gasteiger partial charge in [0.2, 0.25) is 0 Å². The molecule has 0 spiro atoms. The van der Waals surface area contributed by atoms with Crippen molar-refractivity contribution in [3.05, 3.63) is 0 Å². The van der Waals surface area contributed by atoms with Crippen LogP contribution in [0.2, 0.25) is 0 Å². The molecule has 1 aliphatic heterocycles. The Morgan fingerprint density at radius 1 is 1.41 bits per heavy atom. The maximum atomic E-state index is 12.2. The summed E-state index contributed by atoms with van der Waals surface area (Å²) in [5.74, 6) is -0.715. The number of aliphatic hydroxyl groups is 1.